The van der Waals surface area contributed by atoms with Gasteiger partial charge in [0, 0.05) is 19.0 Å². The molecule has 1 aliphatic rings. The van der Waals surface area contributed by atoms with E-state index in [9.17, 15) is 4.79 Å². The first kappa shape index (κ1) is 17.5. The minimum atomic E-state index is -0.0227. The number of hydrogen-bond acceptors (Lipinski definition) is 2. The summed E-state index contributed by atoms with van der Waals surface area (Å²) in [6, 6.07) is -0.0227. The molecule has 3 N–H and O–H groups in total. The fourth-order valence-corrected chi connectivity index (χ4v) is 3.20. The smallest absolute Gasteiger partial charge is 0.221 e. The summed E-state index contributed by atoms with van der Waals surface area (Å²) in [7, 11) is 0. The Bertz CT molecular complexity index is 288. The lowest BCUT2D eigenvalue weighted by Crippen LogP contribution is -2.35. The molecule has 0 aromatic carbocycles. The monoisotopic (exact) mass is 282 g/mol. The van der Waals surface area contributed by atoms with Crippen LogP contribution in [0.25, 0.3) is 0 Å². The molecule has 1 saturated carbocycles. The minimum absolute atomic E-state index is 0.0227. The van der Waals surface area contributed by atoms with Crippen molar-refractivity contribution < 1.29 is 4.79 Å². The second-order valence-electron chi connectivity index (χ2n) is 7.99. The van der Waals surface area contributed by atoms with E-state index in [1.807, 2.05) is 0 Å². The van der Waals surface area contributed by atoms with Gasteiger partial charge in [-0.2, -0.15) is 0 Å². The Morgan fingerprint density at radius 1 is 1.25 bits per heavy atom. The van der Waals surface area contributed by atoms with Crippen LogP contribution in [0.15, 0.2) is 0 Å². The Kier molecular flexibility index (Phi) is 7.01. The minimum Gasteiger partial charge on any atom is -0.356 e. The number of nitrogens with two attached hydrogens (primary N) is 1. The predicted molar refractivity (Wildman–Crippen MR) is 85.4 cm³/mol. The van der Waals surface area contributed by atoms with E-state index in [1.165, 1.54) is 25.7 Å². The lowest BCUT2D eigenvalue weighted by Gasteiger charge is -2.26. The van der Waals surface area contributed by atoms with E-state index in [0.717, 1.165) is 31.2 Å². The number of nitrogens with one attached hydrogen (secondary N) is 1. The molecule has 1 aliphatic carbocycles. The average molecular weight is 282 g/mol. The number of carbonyl (C=O) groups excluding carboxylic acids is 1. The lowest BCUT2D eigenvalue weighted by molar-refractivity contribution is -0.121. The SMILES string of the molecule is CC1CCC(CCNC(=O)CC(N)CC(C)(C)C)CC1. The maximum absolute atomic E-state index is 11.8. The molecule has 1 atom stereocenters. The van der Waals surface area contributed by atoms with Crippen LogP contribution in [0.4, 0.5) is 0 Å². The van der Waals surface area contributed by atoms with Crippen LogP contribution in [0.2, 0.25) is 0 Å². The zero-order valence-electron chi connectivity index (χ0n) is 13.9. The second kappa shape index (κ2) is 8.02. The first-order chi connectivity index (χ1) is 9.26. The van der Waals surface area contributed by atoms with E-state index < -0.39 is 0 Å². The molecule has 1 rings (SSSR count). The molecule has 1 fully saturated rings. The highest BCUT2D eigenvalue weighted by Crippen LogP contribution is 2.29. The zero-order valence-corrected chi connectivity index (χ0v) is 13.9. The summed E-state index contributed by atoms with van der Waals surface area (Å²) < 4.78 is 0. The number of rotatable bonds is 6. The van der Waals surface area contributed by atoms with Gasteiger partial charge in [0.1, 0.15) is 0 Å². The second-order valence-corrected chi connectivity index (χ2v) is 7.99. The van der Waals surface area contributed by atoms with Gasteiger partial charge >= 0.3 is 0 Å². The van der Waals surface area contributed by atoms with Crippen molar-refractivity contribution in [3.05, 3.63) is 0 Å². The molecule has 20 heavy (non-hydrogen) atoms. The fraction of sp³-hybridized carbons (Fsp3) is 0.941. The van der Waals surface area contributed by atoms with Gasteiger partial charge in [0.25, 0.3) is 0 Å². The van der Waals surface area contributed by atoms with Crippen LogP contribution in [0.3, 0.4) is 0 Å². The molecule has 0 saturated heterocycles. The highest BCUT2D eigenvalue weighted by atomic mass is 16.1. The molecule has 0 spiro atoms. The van der Waals surface area contributed by atoms with Gasteiger partial charge in [-0.25, -0.2) is 0 Å². The van der Waals surface area contributed by atoms with Crippen LogP contribution in [0, 0.1) is 17.3 Å². The molecular weight excluding hydrogens is 248 g/mol. The number of hydrogen-bond donors (Lipinski definition) is 2. The van der Waals surface area contributed by atoms with Crippen LogP contribution in [-0.4, -0.2) is 18.5 Å². The van der Waals surface area contributed by atoms with Gasteiger partial charge in [0.15, 0.2) is 0 Å². The van der Waals surface area contributed by atoms with Crippen LogP contribution in [0.1, 0.15) is 72.6 Å². The molecule has 3 nitrogen and oxygen atoms in total. The Hall–Kier alpha value is -0.570. The molecular formula is C17H34N2O. The lowest BCUT2D eigenvalue weighted by atomic mass is 9.81. The first-order valence-corrected chi connectivity index (χ1v) is 8.28. The maximum atomic E-state index is 11.8. The molecule has 0 aromatic rings. The van der Waals surface area contributed by atoms with E-state index in [2.05, 4.69) is 33.0 Å². The Morgan fingerprint density at radius 2 is 1.85 bits per heavy atom. The van der Waals surface area contributed by atoms with Gasteiger partial charge < -0.3 is 11.1 Å². The van der Waals surface area contributed by atoms with Crippen molar-refractivity contribution in [2.75, 3.05) is 6.54 Å². The maximum Gasteiger partial charge on any atom is 0.221 e. The van der Waals surface area contributed by atoms with E-state index in [1.54, 1.807) is 0 Å². The Balaban J connectivity index is 2.11. The summed E-state index contributed by atoms with van der Waals surface area (Å²) in [5.74, 6) is 1.83. The highest BCUT2D eigenvalue weighted by molar-refractivity contribution is 5.76. The van der Waals surface area contributed by atoms with Gasteiger partial charge in [-0.05, 0) is 30.1 Å². The predicted octanol–water partition coefficient (Wildman–Crippen LogP) is 3.47. The van der Waals surface area contributed by atoms with Crippen molar-refractivity contribution in [3.63, 3.8) is 0 Å². The quantitative estimate of drug-likeness (QED) is 0.783. The van der Waals surface area contributed by atoms with Crippen LogP contribution in [-0.2, 0) is 4.79 Å². The highest BCUT2D eigenvalue weighted by Gasteiger charge is 2.19. The first-order valence-electron chi connectivity index (χ1n) is 8.28. The summed E-state index contributed by atoms with van der Waals surface area (Å²) in [6.07, 6.45) is 7.86. The largest absolute Gasteiger partial charge is 0.356 e. The van der Waals surface area contributed by atoms with Crippen molar-refractivity contribution in [2.45, 2.75) is 78.7 Å². The number of amides is 1. The van der Waals surface area contributed by atoms with E-state index in [-0.39, 0.29) is 17.4 Å². The topological polar surface area (TPSA) is 55.1 Å². The van der Waals surface area contributed by atoms with Gasteiger partial charge in [0.2, 0.25) is 5.91 Å². The normalized spacial score (nSPS) is 25.2. The van der Waals surface area contributed by atoms with Gasteiger partial charge in [-0.3, -0.25) is 4.79 Å². The molecule has 0 bridgehead atoms. The molecule has 3 heteroatoms. The molecule has 1 amide bonds. The summed E-state index contributed by atoms with van der Waals surface area (Å²) in [5, 5.41) is 3.04. The number of carbonyl (C=O) groups is 1. The average Bonchev–Trinajstić information content (AvgIpc) is 2.29. The fourth-order valence-electron chi connectivity index (χ4n) is 3.20. The Morgan fingerprint density at radius 3 is 2.40 bits per heavy atom. The van der Waals surface area contributed by atoms with Crippen LogP contribution < -0.4 is 11.1 Å². The van der Waals surface area contributed by atoms with Gasteiger partial charge in [-0.1, -0.05) is 53.4 Å². The van der Waals surface area contributed by atoms with Gasteiger partial charge in [0.05, 0.1) is 0 Å². The summed E-state index contributed by atoms with van der Waals surface area (Å²) in [5.41, 5.74) is 6.22. The third kappa shape index (κ3) is 7.88. The molecule has 1 unspecified atom stereocenters. The van der Waals surface area contributed by atoms with Crippen molar-refractivity contribution in [1.82, 2.24) is 5.32 Å². The summed E-state index contributed by atoms with van der Waals surface area (Å²) in [6.45, 7) is 9.65. The zero-order chi connectivity index (χ0) is 15.2. The van der Waals surface area contributed by atoms with Crippen molar-refractivity contribution >= 4 is 5.91 Å². The van der Waals surface area contributed by atoms with E-state index in [0.29, 0.717) is 6.42 Å². The van der Waals surface area contributed by atoms with E-state index >= 15 is 0 Å². The molecule has 0 aromatic heterocycles. The summed E-state index contributed by atoms with van der Waals surface area (Å²) >= 11 is 0. The van der Waals surface area contributed by atoms with Crippen LogP contribution in [0.5, 0.6) is 0 Å². The van der Waals surface area contributed by atoms with Crippen molar-refractivity contribution in [3.8, 4) is 0 Å². The molecule has 118 valence electrons. The molecule has 0 heterocycles. The van der Waals surface area contributed by atoms with Crippen LogP contribution >= 0.6 is 0 Å². The standard InChI is InChI=1S/C17H34N2O/c1-13-5-7-14(8-6-13)9-10-19-16(20)11-15(18)12-17(2,3)4/h13-15H,5-12,18H2,1-4H3,(H,19,20). The third-order valence-electron chi connectivity index (χ3n) is 4.33. The third-order valence-corrected chi connectivity index (χ3v) is 4.33. The van der Waals surface area contributed by atoms with Crippen molar-refractivity contribution in [1.29, 1.82) is 0 Å². The van der Waals surface area contributed by atoms with E-state index in [4.69, 9.17) is 5.73 Å². The Labute approximate surface area is 125 Å². The van der Waals surface area contributed by atoms with Gasteiger partial charge in [-0.15, -0.1) is 0 Å². The summed E-state index contributed by atoms with van der Waals surface area (Å²) in [4.78, 5) is 11.8. The van der Waals surface area contributed by atoms with Crippen molar-refractivity contribution in [2.24, 2.45) is 23.0 Å². The molecule has 0 radical (unpaired) electrons. The molecule has 0 aliphatic heterocycles.